The molecule has 0 fully saturated rings. The highest BCUT2D eigenvalue weighted by atomic mass is 125. The number of hydrogen-bond acceptors (Lipinski definition) is 3. The summed E-state index contributed by atoms with van der Waals surface area (Å²) in [6.07, 6.45) is 2.82. The van der Waals surface area contributed by atoms with Gasteiger partial charge in [0.25, 0.3) is 0 Å². The maximum atomic E-state index is 12.5. The Kier molecular flexibility index (Phi) is 5.33. The summed E-state index contributed by atoms with van der Waals surface area (Å²) in [4.78, 5) is 12.5. The number of carbonyl (C=O) groups excluding carboxylic acids is 1. The minimum absolute atomic E-state index is 0.0878. The largest absolute Gasteiger partial charge is 0.507 e. The molecule has 0 aliphatic heterocycles. The molecular weight excluding hydrogens is 399 g/mol. The van der Waals surface area contributed by atoms with Crippen LogP contribution in [0.1, 0.15) is 27.9 Å². The van der Waals surface area contributed by atoms with Crippen LogP contribution in [0.3, 0.4) is 0 Å². The van der Waals surface area contributed by atoms with Crippen LogP contribution >= 0.6 is 22.6 Å². The number of rotatable bonds is 5. The van der Waals surface area contributed by atoms with Gasteiger partial charge in [-0.05, 0) is 71.7 Å². The Morgan fingerprint density at radius 3 is 2.87 bits per heavy atom. The summed E-state index contributed by atoms with van der Waals surface area (Å²) >= 11 is 2.13. The first-order chi connectivity index (χ1) is 11.1. The third-order valence-electron chi connectivity index (χ3n) is 4.41. The second kappa shape index (κ2) is 7.45. The van der Waals surface area contributed by atoms with Crippen molar-refractivity contribution in [2.75, 3.05) is 13.1 Å². The number of ketones is 1. The molecule has 4 heteroatoms. The van der Waals surface area contributed by atoms with Gasteiger partial charge in [-0.2, -0.15) is 0 Å². The Morgan fingerprint density at radius 2 is 2.04 bits per heavy atom. The molecule has 0 saturated heterocycles. The van der Waals surface area contributed by atoms with Crippen molar-refractivity contribution in [2.45, 2.75) is 19.3 Å². The van der Waals surface area contributed by atoms with Crippen LogP contribution < -0.4 is 5.32 Å². The van der Waals surface area contributed by atoms with Crippen LogP contribution in [0, 0.1) is 9.49 Å². The van der Waals surface area contributed by atoms with Crippen LogP contribution in [-0.2, 0) is 12.8 Å². The van der Waals surface area contributed by atoms with Crippen LogP contribution in [0.15, 0.2) is 42.5 Å². The molecule has 3 nitrogen and oxygen atoms in total. The molecule has 0 bridgehead atoms. The van der Waals surface area contributed by atoms with Gasteiger partial charge < -0.3 is 10.4 Å². The van der Waals surface area contributed by atoms with Crippen molar-refractivity contribution in [2.24, 2.45) is 5.92 Å². The lowest BCUT2D eigenvalue weighted by molar-refractivity contribution is 0.0901. The molecule has 120 valence electrons. The van der Waals surface area contributed by atoms with Crippen LogP contribution in [0.4, 0.5) is 0 Å². The number of carbonyl (C=O) groups is 1. The van der Waals surface area contributed by atoms with Crippen molar-refractivity contribution in [3.63, 3.8) is 0 Å². The van der Waals surface area contributed by atoms with Crippen molar-refractivity contribution in [1.29, 1.82) is 0 Å². The topological polar surface area (TPSA) is 49.3 Å². The molecule has 1 atom stereocenters. The molecule has 0 aromatic heterocycles. The summed E-state index contributed by atoms with van der Waals surface area (Å²) in [7, 11) is 0. The number of halogens is 1. The summed E-state index contributed by atoms with van der Waals surface area (Å²) in [5.41, 5.74) is 3.28. The monoisotopic (exact) mass is 419 g/mol. The van der Waals surface area contributed by atoms with E-state index in [-0.39, 0.29) is 11.7 Å². The average Bonchev–Trinajstić information content (AvgIpc) is 2.57. The number of aryl methyl sites for hydroxylation is 1. The van der Waals surface area contributed by atoms with Gasteiger partial charge in [0.15, 0.2) is 5.78 Å². The summed E-state index contributed by atoms with van der Waals surface area (Å²) < 4.78 is 0.874. The molecule has 3 rings (SSSR count). The summed E-state index contributed by atoms with van der Waals surface area (Å²) in [6.45, 7) is 1.58. The number of hydrogen-bond donors (Lipinski definition) is 2. The zero-order chi connectivity index (χ0) is 16.2. The van der Waals surface area contributed by atoms with Gasteiger partial charge in [0.05, 0.1) is 3.57 Å². The molecule has 2 N–H and O–H groups in total. The SMILES string of the molecule is O=C1c2ccccc2CC[C@@H]1CNCCc1ccc(O)c([125I])c1. The van der Waals surface area contributed by atoms with E-state index in [4.69, 9.17) is 0 Å². The van der Waals surface area contributed by atoms with Crippen molar-refractivity contribution >= 4 is 28.4 Å². The smallest absolute Gasteiger partial charge is 0.167 e. The summed E-state index contributed by atoms with van der Waals surface area (Å²) in [5.74, 6) is 0.692. The van der Waals surface area contributed by atoms with Gasteiger partial charge in [0, 0.05) is 18.0 Å². The first-order valence-corrected chi connectivity index (χ1v) is 9.03. The van der Waals surface area contributed by atoms with Gasteiger partial charge >= 0.3 is 0 Å². The fourth-order valence-electron chi connectivity index (χ4n) is 3.07. The lowest BCUT2D eigenvalue weighted by atomic mass is 9.83. The van der Waals surface area contributed by atoms with Crippen LogP contribution in [0.2, 0.25) is 0 Å². The van der Waals surface area contributed by atoms with E-state index in [9.17, 15) is 9.90 Å². The number of nitrogens with one attached hydrogen (secondary N) is 1. The molecule has 23 heavy (non-hydrogen) atoms. The quantitative estimate of drug-likeness (QED) is 0.576. The third-order valence-corrected chi connectivity index (χ3v) is 5.27. The maximum Gasteiger partial charge on any atom is 0.167 e. The van der Waals surface area contributed by atoms with Gasteiger partial charge in [0.2, 0.25) is 0 Å². The van der Waals surface area contributed by atoms with Gasteiger partial charge in [-0.1, -0.05) is 30.3 Å². The van der Waals surface area contributed by atoms with E-state index in [0.717, 1.165) is 41.5 Å². The number of aromatic hydroxyl groups is 1. The lowest BCUT2D eigenvalue weighted by Crippen LogP contribution is -2.33. The Hall–Kier alpha value is -1.40. The number of fused-ring (bicyclic) bond motifs is 1. The molecule has 0 unspecified atom stereocenters. The summed E-state index contributed by atoms with van der Waals surface area (Å²) in [5, 5.41) is 12.9. The highest BCUT2D eigenvalue weighted by Crippen LogP contribution is 2.25. The van der Waals surface area contributed by atoms with Crippen molar-refractivity contribution < 1.29 is 9.90 Å². The van der Waals surface area contributed by atoms with E-state index >= 15 is 0 Å². The molecule has 2 aromatic rings. The van der Waals surface area contributed by atoms with Gasteiger partial charge in [0.1, 0.15) is 5.75 Å². The van der Waals surface area contributed by atoms with Gasteiger partial charge in [-0.3, -0.25) is 4.79 Å². The van der Waals surface area contributed by atoms with Crippen molar-refractivity contribution in [1.82, 2.24) is 5.32 Å². The average molecular weight is 419 g/mol. The first kappa shape index (κ1) is 16.5. The Morgan fingerprint density at radius 1 is 1.22 bits per heavy atom. The molecule has 1 aliphatic rings. The predicted octanol–water partition coefficient (Wildman–Crippen LogP) is 3.57. The lowest BCUT2D eigenvalue weighted by Gasteiger charge is -2.23. The molecule has 0 saturated carbocycles. The van der Waals surface area contributed by atoms with Crippen LogP contribution in [0.25, 0.3) is 0 Å². The van der Waals surface area contributed by atoms with E-state index < -0.39 is 0 Å². The number of phenolic OH excluding ortho intramolecular Hbond substituents is 1. The van der Waals surface area contributed by atoms with E-state index in [2.05, 4.69) is 34.0 Å². The molecule has 2 aromatic carbocycles. The minimum atomic E-state index is 0.0878. The van der Waals surface area contributed by atoms with E-state index in [1.54, 1.807) is 6.07 Å². The zero-order valence-corrected chi connectivity index (χ0v) is 15.0. The Balaban J connectivity index is 1.50. The van der Waals surface area contributed by atoms with Gasteiger partial charge in [-0.15, -0.1) is 0 Å². The predicted molar refractivity (Wildman–Crippen MR) is 100.0 cm³/mol. The molecule has 0 heterocycles. The Bertz CT molecular complexity index is 714. The maximum absolute atomic E-state index is 12.5. The fourth-order valence-corrected chi connectivity index (χ4v) is 3.65. The molecule has 0 amide bonds. The molecule has 1 aliphatic carbocycles. The van der Waals surface area contributed by atoms with E-state index in [0.29, 0.717) is 5.75 Å². The normalized spacial score (nSPS) is 17.1. The number of Topliss-reactive ketones (excluding diaryl/α,β-unsaturated/α-hetero) is 1. The highest BCUT2D eigenvalue weighted by Gasteiger charge is 2.26. The van der Waals surface area contributed by atoms with E-state index in [1.807, 2.05) is 30.3 Å². The van der Waals surface area contributed by atoms with Crippen LogP contribution in [-0.4, -0.2) is 24.0 Å². The van der Waals surface area contributed by atoms with E-state index in [1.165, 1.54) is 11.1 Å². The van der Waals surface area contributed by atoms with Crippen molar-refractivity contribution in [3.05, 3.63) is 62.7 Å². The second-order valence-electron chi connectivity index (χ2n) is 6.00. The summed E-state index contributed by atoms with van der Waals surface area (Å²) in [6, 6.07) is 13.6. The van der Waals surface area contributed by atoms with Crippen molar-refractivity contribution in [3.8, 4) is 5.75 Å². The second-order valence-corrected chi connectivity index (χ2v) is 7.16. The zero-order valence-electron chi connectivity index (χ0n) is 12.9. The fraction of sp³-hybridized carbons (Fsp3) is 0.316. The highest BCUT2D eigenvalue weighted by molar-refractivity contribution is 14.1. The van der Waals surface area contributed by atoms with Gasteiger partial charge in [-0.25, -0.2) is 0 Å². The molecule has 0 spiro atoms. The third kappa shape index (κ3) is 3.93. The van der Waals surface area contributed by atoms with Crippen LogP contribution in [0.5, 0.6) is 5.75 Å². The minimum Gasteiger partial charge on any atom is -0.507 e. The molecular formula is C19H20INO2. The number of benzene rings is 2. The Labute approximate surface area is 150 Å². The standard InChI is InChI=1S/C19H20INO2/c20-17-11-13(5-8-18(17)22)9-10-21-12-15-7-6-14-3-1-2-4-16(14)19(15)23/h1-5,8,11,15,21-22H,6-7,9-10,12H2/t15-/m1/s1/i20-2. The molecule has 0 radical (unpaired) electrons. The number of phenols is 1. The first-order valence-electron chi connectivity index (χ1n) is 7.95.